The van der Waals surface area contributed by atoms with Crippen molar-refractivity contribution in [2.75, 3.05) is 7.11 Å². The molecule has 32 heavy (non-hydrogen) atoms. The van der Waals surface area contributed by atoms with Gasteiger partial charge in [0, 0.05) is 17.7 Å². The fourth-order valence-electron chi connectivity index (χ4n) is 3.59. The van der Waals surface area contributed by atoms with Gasteiger partial charge in [-0.15, -0.1) is 0 Å². The van der Waals surface area contributed by atoms with Crippen LogP contribution in [0.5, 0.6) is 0 Å². The first kappa shape index (κ1) is 21.7. The molecule has 0 aliphatic carbocycles. The number of para-hydroxylation sites is 1. The molecule has 1 amide bonds. The molecule has 4 rings (SSSR count). The number of carbonyl (C=O) groups excluding carboxylic acids is 1. The van der Waals surface area contributed by atoms with Crippen LogP contribution in [0.2, 0.25) is 5.02 Å². The number of benzene rings is 3. The maximum absolute atomic E-state index is 13.4. The molecule has 0 radical (unpaired) electrons. The number of hydrogen-bond donors (Lipinski definition) is 1. The Morgan fingerprint density at radius 3 is 2.59 bits per heavy atom. The van der Waals surface area contributed by atoms with E-state index in [1.165, 1.54) is 4.57 Å². The number of rotatable bonds is 6. The summed E-state index contributed by atoms with van der Waals surface area (Å²) >= 11 is 6.04. The number of ether oxygens (including phenoxy) is 1. The van der Waals surface area contributed by atoms with Gasteiger partial charge in [0.1, 0.15) is 5.82 Å². The summed E-state index contributed by atoms with van der Waals surface area (Å²) in [6.45, 7) is 2.22. The Labute approximate surface area is 190 Å². The topological polar surface area (TPSA) is 73.2 Å². The van der Waals surface area contributed by atoms with E-state index in [0.29, 0.717) is 39.6 Å². The minimum absolute atomic E-state index is 0.212. The average Bonchev–Trinajstić information content (AvgIpc) is 2.80. The molecule has 0 saturated heterocycles. The SMILES string of the molecule is COCc1cccc(C(=O)NC(C)c2nc3ccccc3c(=O)n2-c2ccc(Cl)cc2)c1. The standard InChI is InChI=1S/C25H22ClN3O3/c1-16(27-24(30)18-7-5-6-17(14-18)15-32-2)23-28-22-9-4-3-8-21(22)25(31)29(23)20-12-10-19(26)11-13-20/h3-14,16H,15H2,1-2H3,(H,27,30). The molecule has 0 saturated carbocycles. The number of aromatic nitrogens is 2. The number of amides is 1. The van der Waals surface area contributed by atoms with Crippen LogP contribution in [0.4, 0.5) is 0 Å². The fraction of sp³-hybridized carbons (Fsp3) is 0.160. The lowest BCUT2D eigenvalue weighted by Gasteiger charge is -2.20. The van der Waals surface area contributed by atoms with Crippen LogP contribution in [-0.2, 0) is 11.3 Å². The monoisotopic (exact) mass is 447 g/mol. The normalized spacial score (nSPS) is 12.0. The van der Waals surface area contributed by atoms with Gasteiger partial charge in [0.2, 0.25) is 0 Å². The third-order valence-electron chi connectivity index (χ3n) is 5.12. The summed E-state index contributed by atoms with van der Waals surface area (Å²) < 4.78 is 6.67. The van der Waals surface area contributed by atoms with Gasteiger partial charge in [-0.1, -0.05) is 35.9 Å². The van der Waals surface area contributed by atoms with Gasteiger partial charge in [0.05, 0.1) is 29.2 Å². The number of hydrogen-bond acceptors (Lipinski definition) is 4. The number of halogens is 1. The first-order valence-corrected chi connectivity index (χ1v) is 10.5. The average molecular weight is 448 g/mol. The zero-order valence-electron chi connectivity index (χ0n) is 17.7. The van der Waals surface area contributed by atoms with Crippen molar-refractivity contribution in [2.45, 2.75) is 19.6 Å². The van der Waals surface area contributed by atoms with Gasteiger partial charge >= 0.3 is 0 Å². The Morgan fingerprint density at radius 2 is 1.84 bits per heavy atom. The van der Waals surface area contributed by atoms with Crippen molar-refractivity contribution < 1.29 is 9.53 Å². The van der Waals surface area contributed by atoms with E-state index in [1.54, 1.807) is 68.6 Å². The maximum atomic E-state index is 13.4. The lowest BCUT2D eigenvalue weighted by atomic mass is 10.1. The number of methoxy groups -OCH3 is 1. The van der Waals surface area contributed by atoms with Gasteiger partial charge in [-0.2, -0.15) is 0 Å². The van der Waals surface area contributed by atoms with Crippen LogP contribution in [0.15, 0.2) is 77.6 Å². The Hall–Kier alpha value is -3.48. The van der Waals surface area contributed by atoms with Gasteiger partial charge in [0.15, 0.2) is 0 Å². The quantitative estimate of drug-likeness (QED) is 0.466. The highest BCUT2D eigenvalue weighted by Crippen LogP contribution is 2.20. The summed E-state index contributed by atoms with van der Waals surface area (Å²) in [5.74, 6) is 0.165. The molecule has 4 aromatic rings. The van der Waals surface area contributed by atoms with E-state index in [1.807, 2.05) is 18.2 Å². The van der Waals surface area contributed by atoms with Crippen LogP contribution in [0.3, 0.4) is 0 Å². The first-order valence-electron chi connectivity index (χ1n) is 10.1. The second-order valence-electron chi connectivity index (χ2n) is 7.43. The molecular formula is C25H22ClN3O3. The minimum atomic E-state index is -0.540. The molecule has 0 aliphatic rings. The van der Waals surface area contributed by atoms with Crippen LogP contribution in [0.1, 0.15) is 34.7 Å². The van der Waals surface area contributed by atoms with E-state index in [9.17, 15) is 9.59 Å². The largest absolute Gasteiger partial charge is 0.380 e. The highest BCUT2D eigenvalue weighted by Gasteiger charge is 2.20. The van der Waals surface area contributed by atoms with E-state index in [-0.39, 0.29) is 11.5 Å². The zero-order chi connectivity index (χ0) is 22.7. The van der Waals surface area contributed by atoms with Gasteiger partial charge in [-0.3, -0.25) is 14.2 Å². The lowest BCUT2D eigenvalue weighted by molar-refractivity contribution is 0.0937. The van der Waals surface area contributed by atoms with Crippen molar-refractivity contribution in [3.63, 3.8) is 0 Å². The number of nitrogens with zero attached hydrogens (tertiary/aromatic N) is 2. The molecular weight excluding hydrogens is 426 g/mol. The first-order chi connectivity index (χ1) is 15.5. The molecule has 0 bridgehead atoms. The molecule has 1 atom stereocenters. The van der Waals surface area contributed by atoms with Crippen molar-refractivity contribution in [3.05, 3.63) is 105 Å². The highest BCUT2D eigenvalue weighted by molar-refractivity contribution is 6.30. The molecule has 3 aromatic carbocycles. The summed E-state index contributed by atoms with van der Waals surface area (Å²) in [5, 5.41) is 4.03. The molecule has 1 N–H and O–H groups in total. The molecule has 7 heteroatoms. The molecule has 1 aromatic heterocycles. The lowest BCUT2D eigenvalue weighted by Crippen LogP contribution is -2.33. The maximum Gasteiger partial charge on any atom is 0.266 e. The predicted octanol–water partition coefficient (Wildman–Crippen LogP) is 4.68. The van der Waals surface area contributed by atoms with Crippen LogP contribution in [0, 0.1) is 0 Å². The summed E-state index contributed by atoms with van der Waals surface area (Å²) in [6, 6.07) is 20.8. The summed E-state index contributed by atoms with van der Waals surface area (Å²) in [7, 11) is 1.61. The Kier molecular flexibility index (Phi) is 6.35. The number of carbonyl (C=O) groups is 1. The molecule has 0 fully saturated rings. The predicted molar refractivity (Wildman–Crippen MR) is 125 cm³/mol. The Bertz CT molecular complexity index is 1330. The highest BCUT2D eigenvalue weighted by atomic mass is 35.5. The van der Waals surface area contributed by atoms with Gasteiger partial charge in [-0.25, -0.2) is 4.98 Å². The van der Waals surface area contributed by atoms with E-state index >= 15 is 0 Å². The Morgan fingerprint density at radius 1 is 1.09 bits per heavy atom. The molecule has 6 nitrogen and oxygen atoms in total. The second-order valence-corrected chi connectivity index (χ2v) is 7.87. The Balaban J connectivity index is 1.76. The number of nitrogens with one attached hydrogen (secondary N) is 1. The summed E-state index contributed by atoms with van der Waals surface area (Å²) in [5.41, 5.74) is 2.38. The summed E-state index contributed by atoms with van der Waals surface area (Å²) in [4.78, 5) is 31.0. The van der Waals surface area contributed by atoms with Gasteiger partial charge < -0.3 is 10.1 Å². The second kappa shape index (κ2) is 9.34. The van der Waals surface area contributed by atoms with Crippen molar-refractivity contribution in [1.82, 2.24) is 14.9 Å². The van der Waals surface area contributed by atoms with E-state index in [0.717, 1.165) is 5.56 Å². The van der Waals surface area contributed by atoms with Crippen molar-refractivity contribution >= 4 is 28.4 Å². The van der Waals surface area contributed by atoms with Crippen LogP contribution in [-0.4, -0.2) is 22.6 Å². The van der Waals surface area contributed by atoms with E-state index < -0.39 is 6.04 Å². The van der Waals surface area contributed by atoms with Crippen LogP contribution in [0.25, 0.3) is 16.6 Å². The van der Waals surface area contributed by atoms with Crippen LogP contribution >= 0.6 is 11.6 Å². The molecule has 0 aliphatic heterocycles. The van der Waals surface area contributed by atoms with Gasteiger partial charge in [-0.05, 0) is 61.0 Å². The minimum Gasteiger partial charge on any atom is -0.380 e. The van der Waals surface area contributed by atoms with E-state index in [2.05, 4.69) is 5.32 Å². The molecule has 162 valence electrons. The molecule has 0 spiro atoms. The van der Waals surface area contributed by atoms with Crippen molar-refractivity contribution in [3.8, 4) is 5.69 Å². The molecule has 1 heterocycles. The molecule has 1 unspecified atom stereocenters. The third kappa shape index (κ3) is 4.42. The van der Waals surface area contributed by atoms with Crippen molar-refractivity contribution in [1.29, 1.82) is 0 Å². The van der Waals surface area contributed by atoms with Crippen LogP contribution < -0.4 is 10.9 Å². The van der Waals surface area contributed by atoms with Crippen molar-refractivity contribution in [2.24, 2.45) is 0 Å². The summed E-state index contributed by atoms with van der Waals surface area (Å²) in [6.07, 6.45) is 0. The zero-order valence-corrected chi connectivity index (χ0v) is 18.5. The van der Waals surface area contributed by atoms with Gasteiger partial charge in [0.25, 0.3) is 11.5 Å². The number of fused-ring (bicyclic) bond motifs is 1. The fourth-order valence-corrected chi connectivity index (χ4v) is 3.72. The third-order valence-corrected chi connectivity index (χ3v) is 5.37. The smallest absolute Gasteiger partial charge is 0.266 e. The van der Waals surface area contributed by atoms with E-state index in [4.69, 9.17) is 21.3 Å².